The van der Waals surface area contributed by atoms with Crippen LogP contribution in [0, 0.1) is 13.8 Å². The molecule has 0 spiro atoms. The van der Waals surface area contributed by atoms with Crippen LogP contribution < -0.4 is 14.4 Å². The molecule has 0 aromatic heterocycles. The van der Waals surface area contributed by atoms with Crippen molar-refractivity contribution in [3.63, 3.8) is 0 Å². The molecule has 1 aliphatic rings. The van der Waals surface area contributed by atoms with Gasteiger partial charge in [0, 0.05) is 16.8 Å². The first kappa shape index (κ1) is 25.0. The predicted molar refractivity (Wildman–Crippen MR) is 141 cm³/mol. The molecule has 1 unspecified atom stereocenters. The molecule has 4 rings (SSSR count). The standard InChI is InChI=1S/C30H31NO5/c1-17(2)23-16-20(12-14-25(23)36-6)28(32)26-27(22-9-7-8-10-24(22)35-5)31(30(34)29(26)33)21-13-11-18(3)19(4)15-21/h7-17,27,32H,1-6H3/b28-26+. The Morgan fingerprint density at radius 2 is 1.58 bits per heavy atom. The highest BCUT2D eigenvalue weighted by Gasteiger charge is 2.48. The molecular formula is C30H31NO5. The number of aryl methyl sites for hydroxylation is 2. The number of hydrogen-bond donors (Lipinski definition) is 1. The van der Waals surface area contributed by atoms with Crippen molar-refractivity contribution < 1.29 is 24.2 Å². The molecule has 6 heteroatoms. The van der Waals surface area contributed by atoms with Crippen molar-refractivity contribution in [2.24, 2.45) is 0 Å². The molecule has 36 heavy (non-hydrogen) atoms. The summed E-state index contributed by atoms with van der Waals surface area (Å²) in [4.78, 5) is 28.4. The number of methoxy groups -OCH3 is 2. The Bertz CT molecular complexity index is 1370. The number of aliphatic hydroxyl groups excluding tert-OH is 1. The molecule has 1 fully saturated rings. The van der Waals surface area contributed by atoms with Gasteiger partial charge in [-0.15, -0.1) is 0 Å². The summed E-state index contributed by atoms with van der Waals surface area (Å²) in [6.45, 7) is 7.99. The van der Waals surface area contributed by atoms with Crippen LogP contribution in [-0.2, 0) is 9.59 Å². The van der Waals surface area contributed by atoms with Crippen molar-refractivity contribution in [3.05, 3.63) is 94.1 Å². The minimum Gasteiger partial charge on any atom is -0.507 e. The molecular weight excluding hydrogens is 454 g/mol. The first-order valence-electron chi connectivity index (χ1n) is 11.9. The average molecular weight is 486 g/mol. The fourth-order valence-corrected chi connectivity index (χ4v) is 4.65. The highest BCUT2D eigenvalue weighted by Crippen LogP contribution is 2.45. The second kappa shape index (κ2) is 9.90. The van der Waals surface area contributed by atoms with E-state index in [1.807, 2.05) is 70.2 Å². The van der Waals surface area contributed by atoms with Gasteiger partial charge in [0.05, 0.1) is 25.8 Å². The maximum absolute atomic E-state index is 13.5. The largest absolute Gasteiger partial charge is 0.507 e. The van der Waals surface area contributed by atoms with Crippen molar-refractivity contribution in [2.45, 2.75) is 39.7 Å². The number of anilines is 1. The lowest BCUT2D eigenvalue weighted by atomic mass is 9.92. The zero-order valence-corrected chi connectivity index (χ0v) is 21.5. The van der Waals surface area contributed by atoms with Crippen LogP contribution in [0.4, 0.5) is 5.69 Å². The summed E-state index contributed by atoms with van der Waals surface area (Å²) >= 11 is 0. The van der Waals surface area contributed by atoms with Gasteiger partial charge in [0.15, 0.2) is 0 Å². The number of carbonyl (C=O) groups excluding carboxylic acids is 2. The number of amides is 1. The summed E-state index contributed by atoms with van der Waals surface area (Å²) in [6, 6.07) is 17.3. The number of benzene rings is 3. The fourth-order valence-electron chi connectivity index (χ4n) is 4.65. The van der Waals surface area contributed by atoms with Gasteiger partial charge in [0.2, 0.25) is 0 Å². The lowest BCUT2D eigenvalue weighted by molar-refractivity contribution is -0.132. The van der Waals surface area contributed by atoms with Crippen LogP contribution in [-0.4, -0.2) is 31.0 Å². The Morgan fingerprint density at radius 3 is 2.22 bits per heavy atom. The zero-order valence-electron chi connectivity index (χ0n) is 21.5. The number of hydrogen-bond acceptors (Lipinski definition) is 5. The van der Waals surface area contributed by atoms with Crippen LogP contribution in [0.3, 0.4) is 0 Å². The van der Waals surface area contributed by atoms with E-state index in [9.17, 15) is 14.7 Å². The Balaban J connectivity index is 1.99. The van der Waals surface area contributed by atoms with Crippen molar-refractivity contribution in [2.75, 3.05) is 19.1 Å². The maximum atomic E-state index is 13.5. The predicted octanol–water partition coefficient (Wildman–Crippen LogP) is 6.07. The minimum absolute atomic E-state index is 0.0163. The molecule has 1 aliphatic heterocycles. The van der Waals surface area contributed by atoms with Gasteiger partial charge in [-0.05, 0) is 72.9 Å². The number of aliphatic hydroxyl groups is 1. The van der Waals surface area contributed by atoms with Crippen LogP contribution in [0.2, 0.25) is 0 Å². The van der Waals surface area contributed by atoms with E-state index in [0.717, 1.165) is 16.7 Å². The van der Waals surface area contributed by atoms with Gasteiger partial charge in [-0.1, -0.05) is 38.1 Å². The summed E-state index contributed by atoms with van der Waals surface area (Å²) in [7, 11) is 3.14. The Hall–Kier alpha value is -4.06. The molecule has 1 amide bonds. The van der Waals surface area contributed by atoms with Crippen molar-refractivity contribution in [3.8, 4) is 11.5 Å². The molecule has 0 bridgehead atoms. The van der Waals surface area contributed by atoms with Crippen molar-refractivity contribution in [1.29, 1.82) is 0 Å². The monoisotopic (exact) mass is 485 g/mol. The molecule has 3 aromatic carbocycles. The third-order valence-corrected chi connectivity index (χ3v) is 6.77. The first-order valence-corrected chi connectivity index (χ1v) is 11.9. The Morgan fingerprint density at radius 1 is 0.889 bits per heavy atom. The van der Waals surface area contributed by atoms with Gasteiger partial charge >= 0.3 is 0 Å². The van der Waals surface area contributed by atoms with Gasteiger partial charge in [-0.3, -0.25) is 14.5 Å². The molecule has 6 nitrogen and oxygen atoms in total. The lowest BCUT2D eigenvalue weighted by Gasteiger charge is -2.27. The van der Waals surface area contributed by atoms with E-state index < -0.39 is 17.7 Å². The summed E-state index contributed by atoms with van der Waals surface area (Å²) in [6.07, 6.45) is 0. The van der Waals surface area contributed by atoms with E-state index in [4.69, 9.17) is 9.47 Å². The molecule has 0 aliphatic carbocycles. The van der Waals surface area contributed by atoms with Crippen LogP contribution in [0.1, 0.15) is 53.6 Å². The number of ketones is 1. The first-order chi connectivity index (χ1) is 17.2. The molecule has 1 heterocycles. The van der Waals surface area contributed by atoms with E-state index in [-0.39, 0.29) is 17.3 Å². The number of nitrogens with zero attached hydrogens (tertiary/aromatic N) is 1. The number of ether oxygens (including phenoxy) is 2. The minimum atomic E-state index is -0.868. The molecule has 186 valence electrons. The molecule has 3 aromatic rings. The summed E-state index contributed by atoms with van der Waals surface area (Å²) in [5.74, 6) is -0.354. The number of Topliss-reactive ketones (excluding diaryl/α,β-unsaturated/α-hetero) is 1. The quantitative estimate of drug-likeness (QED) is 0.261. The molecule has 1 N–H and O–H groups in total. The zero-order chi connectivity index (χ0) is 26.1. The normalized spacial score (nSPS) is 17.1. The second-order valence-corrected chi connectivity index (χ2v) is 9.29. The number of rotatable bonds is 6. The third-order valence-electron chi connectivity index (χ3n) is 6.77. The number of carbonyl (C=O) groups is 2. The van der Waals surface area contributed by atoms with Crippen LogP contribution >= 0.6 is 0 Å². The SMILES string of the molecule is COc1ccc(/C(O)=C2\C(=O)C(=O)N(c3ccc(C)c(C)c3)C2c2ccccc2OC)cc1C(C)C. The fraction of sp³-hybridized carbons (Fsp3) is 0.267. The van der Waals surface area contributed by atoms with Gasteiger partial charge in [-0.2, -0.15) is 0 Å². The highest BCUT2D eigenvalue weighted by atomic mass is 16.5. The van der Waals surface area contributed by atoms with Crippen molar-refractivity contribution in [1.82, 2.24) is 0 Å². The second-order valence-electron chi connectivity index (χ2n) is 9.29. The molecule has 0 saturated carbocycles. The van der Waals surface area contributed by atoms with Gasteiger partial charge in [-0.25, -0.2) is 0 Å². The average Bonchev–Trinajstić information content (AvgIpc) is 3.14. The lowest BCUT2D eigenvalue weighted by Crippen LogP contribution is -2.29. The topological polar surface area (TPSA) is 76.1 Å². The third kappa shape index (κ3) is 4.24. The molecule has 1 atom stereocenters. The van der Waals surface area contributed by atoms with Gasteiger partial charge in [0.25, 0.3) is 11.7 Å². The Kier molecular flexibility index (Phi) is 6.88. The van der Waals surface area contributed by atoms with Crippen LogP contribution in [0.5, 0.6) is 11.5 Å². The number of para-hydroxylation sites is 1. The van der Waals surface area contributed by atoms with E-state index in [1.54, 1.807) is 32.4 Å². The van der Waals surface area contributed by atoms with E-state index >= 15 is 0 Å². The van der Waals surface area contributed by atoms with Gasteiger partial charge < -0.3 is 14.6 Å². The Labute approximate surface area is 211 Å². The summed E-state index contributed by atoms with van der Waals surface area (Å²) in [5, 5.41) is 11.5. The van der Waals surface area contributed by atoms with Crippen LogP contribution in [0.15, 0.2) is 66.2 Å². The van der Waals surface area contributed by atoms with Gasteiger partial charge in [0.1, 0.15) is 17.3 Å². The maximum Gasteiger partial charge on any atom is 0.300 e. The van der Waals surface area contributed by atoms with E-state index in [2.05, 4.69) is 0 Å². The molecule has 0 radical (unpaired) electrons. The van der Waals surface area contributed by atoms with Crippen LogP contribution in [0.25, 0.3) is 5.76 Å². The summed E-state index contributed by atoms with van der Waals surface area (Å²) < 4.78 is 11.1. The molecule has 1 saturated heterocycles. The van der Waals surface area contributed by atoms with E-state index in [0.29, 0.717) is 28.3 Å². The van der Waals surface area contributed by atoms with Crippen molar-refractivity contribution >= 4 is 23.1 Å². The summed E-state index contributed by atoms with van der Waals surface area (Å²) in [5.41, 5.74) is 4.59. The smallest absolute Gasteiger partial charge is 0.300 e. The highest BCUT2D eigenvalue weighted by molar-refractivity contribution is 6.51. The van der Waals surface area contributed by atoms with E-state index in [1.165, 1.54) is 4.90 Å².